The molecule has 0 heterocycles. The predicted molar refractivity (Wildman–Crippen MR) is 45.9 cm³/mol. The van der Waals surface area contributed by atoms with Gasteiger partial charge in [-0.1, -0.05) is 18.1 Å². The summed E-state index contributed by atoms with van der Waals surface area (Å²) in [6.07, 6.45) is 0. The summed E-state index contributed by atoms with van der Waals surface area (Å²) in [6.45, 7) is 11.2. The van der Waals surface area contributed by atoms with Crippen LogP contribution in [0.3, 0.4) is 0 Å². The van der Waals surface area contributed by atoms with E-state index in [0.717, 1.165) is 0 Å². The first-order chi connectivity index (χ1) is 4.55. The number of rotatable bonds is 0. The molecular weight excluding hydrogens is 127 g/mol. The van der Waals surface area contributed by atoms with Crippen molar-refractivity contribution in [2.45, 2.75) is 34.6 Å². The van der Waals surface area contributed by atoms with Crippen LogP contribution in [0.2, 0.25) is 0 Å². The fraction of sp³-hybridized carbons (Fsp3) is 0.600. The van der Waals surface area contributed by atoms with Gasteiger partial charge in [0.25, 0.3) is 0 Å². The summed E-state index contributed by atoms with van der Waals surface area (Å²) in [5.74, 6) is 0.694. The molecule has 0 radical (unpaired) electrons. The Balaban J connectivity index is 0.000001000. The molecule has 0 aromatic rings. The van der Waals surface area contributed by atoms with Crippen LogP contribution in [0.25, 0.3) is 0 Å². The molecule has 0 spiro atoms. The van der Waals surface area contributed by atoms with Crippen molar-refractivity contribution in [3.05, 3.63) is 22.3 Å². The minimum atomic E-state index is 0. The van der Waals surface area contributed by atoms with Gasteiger partial charge in [-0.05, 0) is 44.8 Å². The molecule has 0 fully saturated rings. The Morgan fingerprint density at radius 3 is 1.18 bits per heavy atom. The van der Waals surface area contributed by atoms with Crippen LogP contribution in [0.4, 0.5) is 0 Å². The third-order valence-electron chi connectivity index (χ3n) is 3.04. The van der Waals surface area contributed by atoms with Crippen molar-refractivity contribution in [3.8, 4) is 0 Å². The molecule has 0 N–H and O–H groups in total. The normalized spacial score (nSPS) is 19.4. The minimum Gasteiger partial charge on any atom is -0.0632 e. The van der Waals surface area contributed by atoms with Crippen molar-refractivity contribution in [2.75, 3.05) is 0 Å². The molecule has 1 heteroatoms. The van der Waals surface area contributed by atoms with E-state index in [1.54, 1.807) is 11.1 Å². The molecule has 11 heavy (non-hydrogen) atoms. The maximum absolute atomic E-state index is 2.28. The molecule has 0 nitrogen and oxygen atoms in total. The van der Waals surface area contributed by atoms with E-state index >= 15 is 0 Å². The van der Waals surface area contributed by atoms with Gasteiger partial charge < -0.3 is 0 Å². The first-order valence-corrected chi connectivity index (χ1v) is 3.90. The third-order valence-corrected chi connectivity index (χ3v) is 3.04. The van der Waals surface area contributed by atoms with Crippen LogP contribution in [0.5, 0.6) is 0 Å². The molecule has 0 unspecified atom stereocenters. The molecule has 0 bridgehead atoms. The van der Waals surface area contributed by atoms with Crippen LogP contribution >= 0.6 is 0 Å². The fourth-order valence-electron chi connectivity index (χ4n) is 1.57. The van der Waals surface area contributed by atoms with Crippen molar-refractivity contribution >= 4 is 0 Å². The van der Waals surface area contributed by atoms with Gasteiger partial charge in [-0.3, -0.25) is 0 Å². The van der Waals surface area contributed by atoms with Crippen LogP contribution in [-0.4, -0.2) is 0 Å². The number of hydrogen-bond acceptors (Lipinski definition) is 0. The molecule has 0 saturated carbocycles. The van der Waals surface area contributed by atoms with E-state index < -0.39 is 0 Å². The van der Waals surface area contributed by atoms with Crippen LogP contribution in [-0.2, 0) is 0 Å². The van der Waals surface area contributed by atoms with Gasteiger partial charge in [-0.15, -0.1) is 0 Å². The largest absolute Gasteiger partial charge is 1.00 e. The van der Waals surface area contributed by atoms with Gasteiger partial charge in [-0.25, -0.2) is 0 Å². The molecule has 0 aromatic heterocycles. The third kappa shape index (κ3) is 1.63. The topological polar surface area (TPSA) is 0 Å². The molecular formula is C10H16Li+. The van der Waals surface area contributed by atoms with E-state index in [-0.39, 0.29) is 18.9 Å². The Bertz CT molecular complexity index is 197. The Labute approximate surface area is 81.9 Å². The zero-order valence-electron chi connectivity index (χ0n) is 8.58. The molecule has 0 amide bonds. The van der Waals surface area contributed by atoms with Gasteiger partial charge in [0.05, 0.1) is 0 Å². The Hall–Kier alpha value is 0.0774. The van der Waals surface area contributed by atoms with Crippen molar-refractivity contribution < 1.29 is 18.9 Å². The van der Waals surface area contributed by atoms with Crippen molar-refractivity contribution in [1.82, 2.24) is 0 Å². The second-order valence-corrected chi connectivity index (χ2v) is 3.34. The second-order valence-electron chi connectivity index (χ2n) is 3.34. The van der Waals surface area contributed by atoms with Gasteiger partial charge in [0.15, 0.2) is 0 Å². The summed E-state index contributed by atoms with van der Waals surface area (Å²) >= 11 is 0. The van der Waals surface area contributed by atoms with E-state index in [4.69, 9.17) is 0 Å². The maximum atomic E-state index is 2.28. The van der Waals surface area contributed by atoms with E-state index in [9.17, 15) is 0 Å². The fourth-order valence-corrected chi connectivity index (χ4v) is 1.57. The summed E-state index contributed by atoms with van der Waals surface area (Å²) in [6, 6.07) is 0. The Kier molecular flexibility index (Phi) is 3.68. The monoisotopic (exact) mass is 143 g/mol. The quantitative estimate of drug-likeness (QED) is 0.428. The SMILES string of the molecule is CC1=C(C)C(C)C(C)=C1C.[Li+]. The van der Waals surface area contributed by atoms with E-state index in [0.29, 0.717) is 5.92 Å². The number of hydrogen-bond donors (Lipinski definition) is 0. The second kappa shape index (κ2) is 3.65. The molecule has 1 aliphatic carbocycles. The predicted octanol–water partition coefficient (Wildman–Crippen LogP) is 0.313. The maximum Gasteiger partial charge on any atom is 1.00 e. The average Bonchev–Trinajstić information content (AvgIpc) is 2.07. The van der Waals surface area contributed by atoms with Crippen LogP contribution in [0.15, 0.2) is 22.3 Å². The smallest absolute Gasteiger partial charge is 0.0632 e. The first-order valence-electron chi connectivity index (χ1n) is 3.90. The number of allylic oxidation sites excluding steroid dienone is 4. The minimum absolute atomic E-state index is 0. The summed E-state index contributed by atoms with van der Waals surface area (Å²) in [4.78, 5) is 0. The zero-order chi connectivity index (χ0) is 7.89. The van der Waals surface area contributed by atoms with E-state index in [1.165, 1.54) is 11.1 Å². The summed E-state index contributed by atoms with van der Waals surface area (Å²) < 4.78 is 0. The van der Waals surface area contributed by atoms with Gasteiger partial charge >= 0.3 is 18.9 Å². The standard InChI is InChI=1S/C10H16.Li/c1-6-7(2)9(4)10(5)8(6)3;/h6H,1-5H3;/q;+1. The van der Waals surface area contributed by atoms with Crippen molar-refractivity contribution in [3.63, 3.8) is 0 Å². The van der Waals surface area contributed by atoms with E-state index in [1.807, 2.05) is 0 Å². The molecule has 0 saturated heterocycles. The van der Waals surface area contributed by atoms with Crippen LogP contribution in [0.1, 0.15) is 34.6 Å². The van der Waals surface area contributed by atoms with Gasteiger partial charge in [-0.2, -0.15) is 0 Å². The summed E-state index contributed by atoms with van der Waals surface area (Å²) in [7, 11) is 0. The van der Waals surface area contributed by atoms with Crippen LogP contribution in [0, 0.1) is 5.92 Å². The van der Waals surface area contributed by atoms with Gasteiger partial charge in [0, 0.05) is 0 Å². The van der Waals surface area contributed by atoms with Crippen LogP contribution < -0.4 is 18.9 Å². The molecule has 56 valence electrons. The molecule has 0 atom stereocenters. The molecule has 0 aromatic carbocycles. The van der Waals surface area contributed by atoms with Gasteiger partial charge in [0.2, 0.25) is 0 Å². The molecule has 0 aliphatic heterocycles. The first kappa shape index (κ1) is 11.1. The van der Waals surface area contributed by atoms with Gasteiger partial charge in [0.1, 0.15) is 0 Å². The summed E-state index contributed by atoms with van der Waals surface area (Å²) in [5, 5.41) is 0. The Morgan fingerprint density at radius 2 is 1.09 bits per heavy atom. The van der Waals surface area contributed by atoms with E-state index in [2.05, 4.69) is 34.6 Å². The molecule has 1 rings (SSSR count). The van der Waals surface area contributed by atoms with Crippen molar-refractivity contribution in [2.24, 2.45) is 5.92 Å². The average molecular weight is 143 g/mol. The Morgan fingerprint density at radius 1 is 0.818 bits per heavy atom. The van der Waals surface area contributed by atoms with Crippen molar-refractivity contribution in [1.29, 1.82) is 0 Å². The zero-order valence-corrected chi connectivity index (χ0v) is 8.58. The molecule has 1 aliphatic rings. The summed E-state index contributed by atoms with van der Waals surface area (Å²) in [5.41, 5.74) is 6.11.